The van der Waals surface area contributed by atoms with Gasteiger partial charge in [-0.1, -0.05) is 13.8 Å². The van der Waals surface area contributed by atoms with Crippen LogP contribution in [0.2, 0.25) is 0 Å². The van der Waals surface area contributed by atoms with Gasteiger partial charge in [-0.15, -0.1) is 0 Å². The molecule has 0 aliphatic carbocycles. The zero-order chi connectivity index (χ0) is 19.1. The first-order valence-corrected chi connectivity index (χ1v) is 8.99. The summed E-state index contributed by atoms with van der Waals surface area (Å²) in [5.74, 6) is 0.811. The first kappa shape index (κ1) is 19.9. The number of H-pyrrole nitrogens is 1. The zero-order valence-corrected chi connectivity index (χ0v) is 15.4. The third-order valence-electron chi connectivity index (χ3n) is 4.31. The van der Waals surface area contributed by atoms with Gasteiger partial charge in [0.15, 0.2) is 0 Å². The highest BCUT2D eigenvalue weighted by Crippen LogP contribution is 2.12. The van der Waals surface area contributed by atoms with E-state index in [1.54, 1.807) is 0 Å². The normalized spacial score (nSPS) is 18.0. The minimum Gasteiger partial charge on any atom is -0.383 e. The van der Waals surface area contributed by atoms with E-state index in [9.17, 15) is 14.4 Å². The van der Waals surface area contributed by atoms with Crippen LogP contribution in [0.4, 0.5) is 5.82 Å². The van der Waals surface area contributed by atoms with Crippen LogP contribution in [0.1, 0.15) is 32.5 Å². The van der Waals surface area contributed by atoms with Crippen molar-refractivity contribution in [2.24, 2.45) is 5.92 Å². The van der Waals surface area contributed by atoms with E-state index in [0.717, 1.165) is 19.5 Å². The summed E-state index contributed by atoms with van der Waals surface area (Å²) in [6.45, 7) is 6.76. The Morgan fingerprint density at radius 2 is 2.23 bits per heavy atom. The van der Waals surface area contributed by atoms with Crippen LogP contribution in [-0.4, -0.2) is 58.9 Å². The second kappa shape index (κ2) is 9.33. The third kappa shape index (κ3) is 6.14. The Morgan fingerprint density at radius 3 is 2.92 bits per heavy atom. The van der Waals surface area contributed by atoms with Crippen molar-refractivity contribution in [2.45, 2.75) is 39.2 Å². The van der Waals surface area contributed by atoms with Gasteiger partial charge in [-0.25, -0.2) is 4.98 Å². The van der Waals surface area contributed by atoms with Crippen molar-refractivity contribution in [3.8, 4) is 0 Å². The molecule has 26 heavy (non-hydrogen) atoms. The van der Waals surface area contributed by atoms with Crippen LogP contribution in [0.15, 0.2) is 10.9 Å². The first-order valence-electron chi connectivity index (χ1n) is 8.99. The van der Waals surface area contributed by atoms with Gasteiger partial charge in [0, 0.05) is 32.1 Å². The first-order chi connectivity index (χ1) is 12.3. The SMILES string of the molecule is CC(C)CCN1CCNC(=O)C1CC(=O)NCCc1nc(N)cc(=O)[nH]1. The minimum atomic E-state index is -0.437. The fourth-order valence-corrected chi connectivity index (χ4v) is 2.89. The number of carbonyl (C=O) groups is 2. The number of amides is 2. The summed E-state index contributed by atoms with van der Waals surface area (Å²) < 4.78 is 0. The van der Waals surface area contributed by atoms with Gasteiger partial charge in [0.2, 0.25) is 11.8 Å². The molecule has 1 aliphatic rings. The number of aromatic amines is 1. The van der Waals surface area contributed by atoms with Crippen LogP contribution < -0.4 is 21.9 Å². The molecule has 1 saturated heterocycles. The largest absolute Gasteiger partial charge is 0.383 e. The Balaban J connectivity index is 1.84. The lowest BCUT2D eigenvalue weighted by Crippen LogP contribution is -2.56. The summed E-state index contributed by atoms with van der Waals surface area (Å²) >= 11 is 0. The zero-order valence-electron chi connectivity index (χ0n) is 15.4. The van der Waals surface area contributed by atoms with Gasteiger partial charge in [0.05, 0.1) is 12.5 Å². The fraction of sp³-hybridized carbons (Fsp3) is 0.647. The summed E-state index contributed by atoms with van der Waals surface area (Å²) in [4.78, 5) is 44.4. The number of carbonyl (C=O) groups excluding carboxylic acids is 2. The molecule has 5 N–H and O–H groups in total. The average Bonchev–Trinajstić information content (AvgIpc) is 2.54. The molecule has 2 heterocycles. The van der Waals surface area contributed by atoms with E-state index in [0.29, 0.717) is 31.3 Å². The van der Waals surface area contributed by atoms with Gasteiger partial charge in [-0.2, -0.15) is 0 Å². The molecule has 1 aliphatic heterocycles. The van der Waals surface area contributed by atoms with Crippen molar-refractivity contribution in [3.63, 3.8) is 0 Å². The highest BCUT2D eigenvalue weighted by atomic mass is 16.2. The average molecular weight is 364 g/mol. The maximum atomic E-state index is 12.2. The molecule has 2 amide bonds. The van der Waals surface area contributed by atoms with E-state index >= 15 is 0 Å². The molecule has 1 aromatic heterocycles. The van der Waals surface area contributed by atoms with Crippen LogP contribution in [0.25, 0.3) is 0 Å². The highest BCUT2D eigenvalue weighted by Gasteiger charge is 2.31. The number of nitrogens with two attached hydrogens (primary N) is 1. The molecular formula is C17H28N6O3. The summed E-state index contributed by atoms with van der Waals surface area (Å²) in [5.41, 5.74) is 5.21. The predicted molar refractivity (Wildman–Crippen MR) is 98.4 cm³/mol. The number of anilines is 1. The van der Waals surface area contributed by atoms with Crippen LogP contribution in [0.3, 0.4) is 0 Å². The maximum Gasteiger partial charge on any atom is 0.252 e. The molecular weight excluding hydrogens is 336 g/mol. The minimum absolute atomic E-state index is 0.100. The lowest BCUT2D eigenvalue weighted by atomic mass is 10.1. The molecule has 0 spiro atoms. The fourth-order valence-electron chi connectivity index (χ4n) is 2.89. The quantitative estimate of drug-likeness (QED) is 0.479. The number of hydrogen-bond acceptors (Lipinski definition) is 6. The lowest BCUT2D eigenvalue weighted by Gasteiger charge is -2.35. The van der Waals surface area contributed by atoms with Crippen LogP contribution in [0, 0.1) is 5.92 Å². The number of aromatic nitrogens is 2. The van der Waals surface area contributed by atoms with E-state index in [1.807, 2.05) is 0 Å². The molecule has 1 unspecified atom stereocenters. The van der Waals surface area contributed by atoms with Crippen molar-refractivity contribution in [3.05, 3.63) is 22.2 Å². The van der Waals surface area contributed by atoms with E-state index in [4.69, 9.17) is 5.73 Å². The van der Waals surface area contributed by atoms with Crippen molar-refractivity contribution in [1.29, 1.82) is 0 Å². The molecule has 1 atom stereocenters. The van der Waals surface area contributed by atoms with Crippen molar-refractivity contribution < 1.29 is 9.59 Å². The molecule has 1 fully saturated rings. The van der Waals surface area contributed by atoms with Gasteiger partial charge in [-0.05, 0) is 18.9 Å². The molecule has 0 radical (unpaired) electrons. The third-order valence-corrected chi connectivity index (χ3v) is 4.31. The van der Waals surface area contributed by atoms with Gasteiger partial charge >= 0.3 is 0 Å². The number of rotatable bonds is 8. The topological polar surface area (TPSA) is 133 Å². The van der Waals surface area contributed by atoms with Gasteiger partial charge in [-0.3, -0.25) is 19.3 Å². The van der Waals surface area contributed by atoms with Crippen molar-refractivity contribution in [1.82, 2.24) is 25.5 Å². The Morgan fingerprint density at radius 1 is 1.46 bits per heavy atom. The Hall–Kier alpha value is -2.42. The molecule has 9 heteroatoms. The van der Waals surface area contributed by atoms with Crippen molar-refractivity contribution >= 4 is 17.6 Å². The second-order valence-corrected chi connectivity index (χ2v) is 6.95. The van der Waals surface area contributed by atoms with Crippen LogP contribution in [-0.2, 0) is 16.0 Å². The Bertz CT molecular complexity index is 687. The summed E-state index contributed by atoms with van der Waals surface area (Å²) in [6, 6.07) is 0.767. The monoisotopic (exact) mass is 364 g/mol. The number of piperazine rings is 1. The van der Waals surface area contributed by atoms with Gasteiger partial charge < -0.3 is 21.4 Å². The van der Waals surface area contributed by atoms with Crippen molar-refractivity contribution in [2.75, 3.05) is 31.9 Å². The highest BCUT2D eigenvalue weighted by molar-refractivity contribution is 5.88. The molecule has 0 saturated carbocycles. The Labute approximate surface area is 152 Å². The standard InChI is InChI=1S/C17H28N6O3/c1-11(2)4-7-23-8-6-20-17(26)12(23)9-15(24)19-5-3-14-21-13(18)10-16(25)22-14/h10-12H,3-9H2,1-2H3,(H,19,24)(H,20,26)(H3,18,21,22,25). The smallest absolute Gasteiger partial charge is 0.252 e. The summed E-state index contributed by atoms with van der Waals surface area (Å²) in [7, 11) is 0. The van der Waals surface area contributed by atoms with E-state index < -0.39 is 6.04 Å². The predicted octanol–water partition coefficient (Wildman–Crippen LogP) is -0.753. The number of hydrogen-bond donors (Lipinski definition) is 4. The maximum absolute atomic E-state index is 12.2. The van der Waals surface area contributed by atoms with E-state index in [-0.39, 0.29) is 29.6 Å². The number of nitrogen functional groups attached to an aromatic ring is 1. The van der Waals surface area contributed by atoms with Gasteiger partial charge in [0.1, 0.15) is 11.6 Å². The van der Waals surface area contributed by atoms with E-state index in [1.165, 1.54) is 6.07 Å². The van der Waals surface area contributed by atoms with E-state index in [2.05, 4.69) is 39.3 Å². The molecule has 9 nitrogen and oxygen atoms in total. The molecule has 1 aromatic rings. The molecule has 0 aromatic carbocycles. The molecule has 144 valence electrons. The van der Waals surface area contributed by atoms with Crippen LogP contribution >= 0.6 is 0 Å². The van der Waals surface area contributed by atoms with Gasteiger partial charge in [0.25, 0.3) is 5.56 Å². The number of nitrogens with zero attached hydrogens (tertiary/aromatic N) is 2. The summed E-state index contributed by atoms with van der Waals surface area (Å²) in [6.07, 6.45) is 1.46. The Kier molecular flexibility index (Phi) is 7.14. The molecule has 0 bridgehead atoms. The second-order valence-electron chi connectivity index (χ2n) is 6.95. The number of nitrogens with one attached hydrogen (secondary N) is 3. The van der Waals surface area contributed by atoms with Crippen LogP contribution in [0.5, 0.6) is 0 Å². The summed E-state index contributed by atoms with van der Waals surface area (Å²) in [5, 5.41) is 5.60. The molecule has 2 rings (SSSR count). The lowest BCUT2D eigenvalue weighted by molar-refractivity contribution is -0.134.